The third-order valence-electron chi connectivity index (χ3n) is 5.60. The third-order valence-corrected chi connectivity index (χ3v) is 6.73. The molecule has 220 valence electrons. The zero-order valence-electron chi connectivity index (χ0n) is 24.2. The van der Waals surface area contributed by atoms with Crippen LogP contribution in [0.25, 0.3) is 10.9 Å². The Bertz CT molecular complexity index is 1590. The maximum atomic E-state index is 12.9. The molecule has 3 rings (SSSR count). The first kappa shape index (κ1) is 31.3. The molecule has 0 fully saturated rings. The Kier molecular flexibility index (Phi) is 8.97. The van der Waals surface area contributed by atoms with Gasteiger partial charge in [-0.25, -0.2) is 18.0 Å². The van der Waals surface area contributed by atoms with E-state index in [4.69, 9.17) is 14.9 Å². The van der Waals surface area contributed by atoms with E-state index in [1.807, 2.05) is 0 Å². The molecule has 0 aliphatic carbocycles. The molecule has 1 heterocycles. The van der Waals surface area contributed by atoms with Gasteiger partial charge in [-0.2, -0.15) is 0 Å². The molecule has 0 radical (unpaired) electrons. The van der Waals surface area contributed by atoms with Gasteiger partial charge in [-0.05, 0) is 89.9 Å². The average Bonchev–Trinajstić information content (AvgIpc) is 3.20. The Balaban J connectivity index is 1.83. The molecule has 3 aromatic rings. The number of carbonyl (C=O) groups is 3. The second-order valence-corrected chi connectivity index (χ2v) is 13.6. The molecule has 41 heavy (non-hydrogen) atoms. The Morgan fingerprint density at radius 2 is 1.54 bits per heavy atom. The molecule has 0 bridgehead atoms. The maximum absolute atomic E-state index is 12.9. The van der Waals surface area contributed by atoms with Crippen molar-refractivity contribution in [3.63, 3.8) is 0 Å². The normalized spacial score (nSPS) is 12.1. The molecule has 12 heteroatoms. The molecule has 0 saturated heterocycles. The summed E-state index contributed by atoms with van der Waals surface area (Å²) >= 11 is 0. The highest BCUT2D eigenvalue weighted by atomic mass is 32.2. The van der Waals surface area contributed by atoms with Gasteiger partial charge in [0.05, 0.1) is 10.4 Å². The van der Waals surface area contributed by atoms with Crippen LogP contribution in [0.1, 0.15) is 63.0 Å². The number of amidine groups is 1. The molecule has 0 spiro atoms. The molecule has 2 aromatic carbocycles. The van der Waals surface area contributed by atoms with E-state index in [9.17, 15) is 22.8 Å². The number of carbonyl (C=O) groups excluding carboxylic acids is 3. The lowest BCUT2D eigenvalue weighted by molar-refractivity contribution is 0.0540. The molecule has 1 aromatic heterocycles. The van der Waals surface area contributed by atoms with Crippen LogP contribution in [0, 0.1) is 5.41 Å². The lowest BCUT2D eigenvalue weighted by Gasteiger charge is -2.20. The van der Waals surface area contributed by atoms with Crippen molar-refractivity contribution in [3.05, 3.63) is 65.4 Å². The van der Waals surface area contributed by atoms with Gasteiger partial charge in [0.25, 0.3) is 5.91 Å². The Labute approximate surface area is 239 Å². The van der Waals surface area contributed by atoms with E-state index in [0.29, 0.717) is 22.9 Å². The van der Waals surface area contributed by atoms with Gasteiger partial charge in [0.15, 0.2) is 9.84 Å². The van der Waals surface area contributed by atoms with Crippen LogP contribution in [-0.4, -0.2) is 60.9 Å². The van der Waals surface area contributed by atoms with Crippen molar-refractivity contribution >= 4 is 44.7 Å². The van der Waals surface area contributed by atoms with Gasteiger partial charge >= 0.3 is 12.2 Å². The highest BCUT2D eigenvalue weighted by Gasteiger charge is 2.24. The lowest BCUT2D eigenvalue weighted by atomic mass is 10.1. The molecule has 0 saturated carbocycles. The fraction of sp³-hybridized carbons (Fsp3) is 0.379. The van der Waals surface area contributed by atoms with E-state index in [2.05, 4.69) is 10.6 Å². The third kappa shape index (κ3) is 8.65. The van der Waals surface area contributed by atoms with Gasteiger partial charge < -0.3 is 14.8 Å². The molecule has 11 nitrogen and oxygen atoms in total. The van der Waals surface area contributed by atoms with Crippen molar-refractivity contribution in [2.75, 3.05) is 12.8 Å². The van der Waals surface area contributed by atoms with Crippen molar-refractivity contribution in [3.8, 4) is 0 Å². The molecule has 2 amide bonds. The second kappa shape index (κ2) is 11.7. The topological polar surface area (TPSA) is 157 Å². The minimum atomic E-state index is -3.36. The largest absolute Gasteiger partial charge is 0.444 e. The number of aromatic nitrogens is 1. The molecule has 0 atom stereocenters. The quantitative estimate of drug-likeness (QED) is 0.281. The first-order valence-electron chi connectivity index (χ1n) is 12.9. The minimum absolute atomic E-state index is 0.128. The molecule has 0 unspecified atom stereocenters. The number of rotatable bonds is 6. The lowest BCUT2D eigenvalue weighted by Crippen LogP contribution is -2.36. The van der Waals surface area contributed by atoms with Gasteiger partial charge in [0.1, 0.15) is 17.0 Å². The fourth-order valence-electron chi connectivity index (χ4n) is 3.84. The zero-order valence-corrected chi connectivity index (χ0v) is 25.1. The first-order valence-corrected chi connectivity index (χ1v) is 14.8. The molecule has 3 N–H and O–H groups in total. The SMILES string of the molecule is CC(C)(C)OC(=O)NC(=N)c1cn(C(=O)OC(C)(C)C)c2ccc(CCNC(=O)c3ccc(S(C)(=O)=O)cc3)cc12. The summed E-state index contributed by atoms with van der Waals surface area (Å²) < 4.78 is 35.4. The number of nitrogens with one attached hydrogen (secondary N) is 3. The number of ether oxygens (including phenoxy) is 2. The van der Waals surface area contributed by atoms with Crippen LogP contribution in [0.15, 0.2) is 53.6 Å². The van der Waals surface area contributed by atoms with Crippen molar-refractivity contribution in [2.24, 2.45) is 0 Å². The van der Waals surface area contributed by atoms with Crippen LogP contribution in [0.3, 0.4) is 0 Å². The second-order valence-electron chi connectivity index (χ2n) is 11.5. The fourth-order valence-corrected chi connectivity index (χ4v) is 4.47. The maximum Gasteiger partial charge on any atom is 0.419 e. The summed E-state index contributed by atoms with van der Waals surface area (Å²) in [6.07, 6.45) is 1.52. The summed E-state index contributed by atoms with van der Waals surface area (Å²) in [4.78, 5) is 37.9. The summed E-state index contributed by atoms with van der Waals surface area (Å²) in [6.45, 7) is 10.6. The highest BCUT2D eigenvalue weighted by molar-refractivity contribution is 7.90. The summed E-state index contributed by atoms with van der Waals surface area (Å²) in [5.41, 5.74) is 0.378. The van der Waals surface area contributed by atoms with Gasteiger partial charge in [-0.3, -0.25) is 20.1 Å². The number of hydrogen-bond donors (Lipinski definition) is 3. The number of amides is 2. The van der Waals surface area contributed by atoms with E-state index >= 15 is 0 Å². The van der Waals surface area contributed by atoms with Crippen LogP contribution in [0.4, 0.5) is 9.59 Å². The number of benzene rings is 2. The van der Waals surface area contributed by atoms with Gasteiger partial charge in [0, 0.05) is 35.5 Å². The summed E-state index contributed by atoms with van der Waals surface area (Å²) in [6, 6.07) is 11.0. The van der Waals surface area contributed by atoms with Crippen molar-refractivity contribution in [1.82, 2.24) is 15.2 Å². The van der Waals surface area contributed by atoms with E-state index in [0.717, 1.165) is 11.8 Å². The summed E-state index contributed by atoms with van der Waals surface area (Å²) in [5, 5.41) is 14.3. The number of hydrogen-bond acceptors (Lipinski definition) is 8. The molecular weight excluding hydrogens is 548 g/mol. The van der Waals surface area contributed by atoms with E-state index in [1.165, 1.54) is 35.0 Å². The number of sulfone groups is 1. The summed E-state index contributed by atoms with van der Waals surface area (Å²) in [5.74, 6) is -0.610. The van der Waals surface area contributed by atoms with E-state index in [-0.39, 0.29) is 28.7 Å². The zero-order chi connectivity index (χ0) is 30.8. The van der Waals surface area contributed by atoms with Crippen LogP contribution in [-0.2, 0) is 25.7 Å². The smallest absolute Gasteiger partial charge is 0.419 e. The van der Waals surface area contributed by atoms with Crippen molar-refractivity contribution in [2.45, 2.75) is 64.1 Å². The predicted octanol–water partition coefficient (Wildman–Crippen LogP) is 4.65. The predicted molar refractivity (Wildman–Crippen MR) is 155 cm³/mol. The minimum Gasteiger partial charge on any atom is -0.444 e. The highest BCUT2D eigenvalue weighted by Crippen LogP contribution is 2.25. The molecule has 0 aliphatic rings. The summed E-state index contributed by atoms with van der Waals surface area (Å²) in [7, 11) is -3.36. The average molecular weight is 585 g/mol. The standard InChI is InChI=1S/C29H36N4O7S/c1-28(2,3)39-26(35)32-24(30)22-17-33(27(36)40-29(4,5)6)23-13-8-18(16-21(22)23)14-15-31-25(34)19-9-11-20(12-10-19)41(7,37)38/h8-13,16-17H,14-15H2,1-7H3,(H,31,34)(H2,30,32,35). The van der Waals surface area contributed by atoms with Gasteiger partial charge in [0.2, 0.25) is 0 Å². The van der Waals surface area contributed by atoms with Crippen LogP contribution in [0.2, 0.25) is 0 Å². The Morgan fingerprint density at radius 3 is 2.10 bits per heavy atom. The van der Waals surface area contributed by atoms with Crippen molar-refractivity contribution < 1.29 is 32.3 Å². The number of fused-ring (bicyclic) bond motifs is 1. The Hall–Kier alpha value is -4.19. The van der Waals surface area contributed by atoms with Crippen LogP contribution >= 0.6 is 0 Å². The van der Waals surface area contributed by atoms with Gasteiger partial charge in [-0.15, -0.1) is 0 Å². The molecular formula is C29H36N4O7S. The van der Waals surface area contributed by atoms with Crippen molar-refractivity contribution in [1.29, 1.82) is 5.41 Å². The number of nitrogens with zero attached hydrogens (tertiary/aromatic N) is 1. The van der Waals surface area contributed by atoms with Crippen LogP contribution < -0.4 is 10.6 Å². The first-order chi connectivity index (χ1) is 18.8. The van der Waals surface area contributed by atoms with Gasteiger partial charge in [-0.1, -0.05) is 6.07 Å². The van der Waals surface area contributed by atoms with E-state index < -0.39 is 33.2 Å². The number of alkyl carbamates (subject to hydrolysis) is 1. The van der Waals surface area contributed by atoms with Crippen LogP contribution in [0.5, 0.6) is 0 Å². The Morgan fingerprint density at radius 1 is 0.927 bits per heavy atom. The monoisotopic (exact) mass is 584 g/mol. The van der Waals surface area contributed by atoms with E-state index in [1.54, 1.807) is 59.7 Å². The molecule has 0 aliphatic heterocycles.